The number of hydrogen-bond donors (Lipinski definition) is 2. The Morgan fingerprint density at radius 2 is 2.00 bits per heavy atom. The summed E-state index contributed by atoms with van der Waals surface area (Å²) < 4.78 is 5.45. The number of H-pyrrole nitrogens is 1. The molecule has 6 heteroatoms. The number of hydrogen-bond acceptors (Lipinski definition) is 5. The number of rotatable bonds is 5. The maximum Gasteiger partial charge on any atom is 0.252 e. The van der Waals surface area contributed by atoms with Crippen molar-refractivity contribution in [2.75, 3.05) is 24.6 Å². The summed E-state index contributed by atoms with van der Waals surface area (Å²) in [6, 6.07) is 9.21. The second-order valence-corrected chi connectivity index (χ2v) is 6.46. The first-order valence-electron chi connectivity index (χ1n) is 8.80. The number of piperidine rings is 1. The molecule has 0 aliphatic carbocycles. The van der Waals surface area contributed by atoms with Crippen molar-refractivity contribution < 1.29 is 9.84 Å². The Morgan fingerprint density at radius 1 is 1.32 bits per heavy atom. The number of aromatic amines is 1. The highest BCUT2D eigenvalue weighted by Crippen LogP contribution is 2.32. The van der Waals surface area contributed by atoms with Crippen molar-refractivity contribution in [2.24, 2.45) is 5.92 Å². The van der Waals surface area contributed by atoms with Crippen molar-refractivity contribution in [1.29, 1.82) is 0 Å². The SMILES string of the molecule is CCOc1ccc(C(O)C2CCN(c3cc(=O)[nH]c(C)n3)CC2)cc1. The van der Waals surface area contributed by atoms with Gasteiger partial charge in [-0.2, -0.15) is 0 Å². The summed E-state index contributed by atoms with van der Waals surface area (Å²) in [6.07, 6.45) is 1.25. The molecule has 2 N–H and O–H groups in total. The van der Waals surface area contributed by atoms with Crippen molar-refractivity contribution in [3.05, 3.63) is 52.1 Å². The number of aromatic nitrogens is 2. The van der Waals surface area contributed by atoms with Crippen molar-refractivity contribution in [2.45, 2.75) is 32.8 Å². The van der Waals surface area contributed by atoms with Crippen LogP contribution in [0.25, 0.3) is 0 Å². The second kappa shape index (κ2) is 7.70. The molecule has 25 heavy (non-hydrogen) atoms. The van der Waals surface area contributed by atoms with E-state index in [1.807, 2.05) is 31.2 Å². The molecule has 0 amide bonds. The third kappa shape index (κ3) is 4.20. The van der Waals surface area contributed by atoms with E-state index in [4.69, 9.17) is 4.74 Å². The number of benzene rings is 1. The van der Waals surface area contributed by atoms with Gasteiger partial charge in [0.15, 0.2) is 0 Å². The van der Waals surface area contributed by atoms with Gasteiger partial charge in [0.25, 0.3) is 5.56 Å². The fraction of sp³-hybridized carbons (Fsp3) is 0.474. The van der Waals surface area contributed by atoms with E-state index in [0.29, 0.717) is 12.4 Å². The molecule has 0 spiro atoms. The highest BCUT2D eigenvalue weighted by molar-refractivity contribution is 5.38. The van der Waals surface area contributed by atoms with Crippen LogP contribution in [0.2, 0.25) is 0 Å². The van der Waals surface area contributed by atoms with Crippen molar-refractivity contribution in [3.8, 4) is 5.75 Å². The van der Waals surface area contributed by atoms with Gasteiger partial charge in [-0.05, 0) is 50.3 Å². The Kier molecular flexibility index (Phi) is 5.38. The molecule has 134 valence electrons. The van der Waals surface area contributed by atoms with Crippen LogP contribution in [-0.2, 0) is 0 Å². The molecule has 0 bridgehead atoms. The molecule has 1 atom stereocenters. The minimum absolute atomic E-state index is 0.126. The van der Waals surface area contributed by atoms with E-state index in [1.54, 1.807) is 6.92 Å². The van der Waals surface area contributed by atoms with Gasteiger partial charge in [0.1, 0.15) is 17.4 Å². The average Bonchev–Trinajstić information content (AvgIpc) is 2.61. The molecule has 1 unspecified atom stereocenters. The van der Waals surface area contributed by atoms with E-state index >= 15 is 0 Å². The van der Waals surface area contributed by atoms with Crippen LogP contribution in [0.3, 0.4) is 0 Å². The van der Waals surface area contributed by atoms with Crippen LogP contribution in [0, 0.1) is 12.8 Å². The Bertz CT molecular complexity index is 749. The zero-order valence-corrected chi connectivity index (χ0v) is 14.7. The maximum absolute atomic E-state index is 11.6. The van der Waals surface area contributed by atoms with E-state index in [9.17, 15) is 9.90 Å². The molecule has 1 aromatic heterocycles. The Balaban J connectivity index is 1.62. The number of ether oxygens (including phenoxy) is 1. The lowest BCUT2D eigenvalue weighted by Gasteiger charge is -2.35. The van der Waals surface area contributed by atoms with E-state index < -0.39 is 6.10 Å². The summed E-state index contributed by atoms with van der Waals surface area (Å²) in [4.78, 5) is 20.8. The predicted octanol–water partition coefficient (Wildman–Crippen LogP) is 2.43. The largest absolute Gasteiger partial charge is 0.494 e. The van der Waals surface area contributed by atoms with Gasteiger partial charge in [0.2, 0.25) is 0 Å². The molecule has 1 fully saturated rings. The fourth-order valence-electron chi connectivity index (χ4n) is 3.37. The number of aliphatic hydroxyl groups excluding tert-OH is 1. The third-order valence-corrected chi connectivity index (χ3v) is 4.69. The van der Waals surface area contributed by atoms with Crippen molar-refractivity contribution >= 4 is 5.82 Å². The van der Waals surface area contributed by atoms with Crippen LogP contribution in [-0.4, -0.2) is 34.8 Å². The lowest BCUT2D eigenvalue weighted by atomic mass is 9.87. The summed E-state index contributed by atoms with van der Waals surface area (Å²) in [5, 5.41) is 10.7. The molecular formula is C19H25N3O3. The van der Waals surface area contributed by atoms with E-state index in [2.05, 4.69) is 14.9 Å². The molecule has 1 aromatic carbocycles. The van der Waals surface area contributed by atoms with E-state index in [-0.39, 0.29) is 11.5 Å². The van der Waals surface area contributed by atoms with Gasteiger partial charge in [-0.25, -0.2) is 4.98 Å². The third-order valence-electron chi connectivity index (χ3n) is 4.69. The first-order valence-corrected chi connectivity index (χ1v) is 8.80. The summed E-state index contributed by atoms with van der Waals surface area (Å²) >= 11 is 0. The summed E-state index contributed by atoms with van der Waals surface area (Å²) in [7, 11) is 0. The Labute approximate surface area is 147 Å². The van der Waals surface area contributed by atoms with Crippen LogP contribution in [0.4, 0.5) is 5.82 Å². The number of aliphatic hydroxyl groups is 1. The first-order chi connectivity index (χ1) is 12.1. The van der Waals surface area contributed by atoms with Crippen LogP contribution in [0.1, 0.15) is 37.3 Å². The zero-order chi connectivity index (χ0) is 17.8. The molecule has 2 aromatic rings. The highest BCUT2D eigenvalue weighted by Gasteiger charge is 2.27. The lowest BCUT2D eigenvalue weighted by Crippen LogP contribution is -2.37. The molecule has 0 radical (unpaired) electrons. The lowest BCUT2D eigenvalue weighted by molar-refractivity contribution is 0.0928. The highest BCUT2D eigenvalue weighted by atomic mass is 16.5. The molecule has 3 rings (SSSR count). The number of nitrogens with zero attached hydrogens (tertiary/aromatic N) is 2. The molecule has 2 heterocycles. The topological polar surface area (TPSA) is 78.5 Å². The van der Waals surface area contributed by atoms with E-state index in [1.165, 1.54) is 6.07 Å². The fourth-order valence-corrected chi connectivity index (χ4v) is 3.37. The van der Waals surface area contributed by atoms with Crippen molar-refractivity contribution in [3.63, 3.8) is 0 Å². The van der Waals surface area contributed by atoms with Crippen LogP contribution >= 0.6 is 0 Å². The molecule has 1 aliphatic rings. The van der Waals surface area contributed by atoms with Gasteiger partial charge in [-0.3, -0.25) is 4.79 Å². The molecule has 1 aliphatic heterocycles. The van der Waals surface area contributed by atoms with Gasteiger partial charge >= 0.3 is 0 Å². The normalized spacial score (nSPS) is 16.7. The molecule has 0 saturated carbocycles. The van der Waals surface area contributed by atoms with Crippen LogP contribution in [0.15, 0.2) is 35.1 Å². The summed E-state index contributed by atoms with van der Waals surface area (Å²) in [6.45, 7) is 5.94. The smallest absolute Gasteiger partial charge is 0.252 e. The molecule has 1 saturated heterocycles. The van der Waals surface area contributed by atoms with Gasteiger partial charge in [-0.15, -0.1) is 0 Å². The first kappa shape index (κ1) is 17.5. The van der Waals surface area contributed by atoms with Crippen molar-refractivity contribution in [1.82, 2.24) is 9.97 Å². The van der Waals surface area contributed by atoms with Gasteiger partial charge < -0.3 is 19.7 Å². The number of anilines is 1. The monoisotopic (exact) mass is 343 g/mol. The summed E-state index contributed by atoms with van der Waals surface area (Å²) in [5.74, 6) is 2.37. The standard InChI is InChI=1S/C19H25N3O3/c1-3-25-16-6-4-14(5-7-16)19(24)15-8-10-22(11-9-15)17-12-18(23)21-13(2)20-17/h4-7,12,15,19,24H,3,8-11H2,1-2H3,(H,20,21,23). The minimum atomic E-state index is -0.480. The van der Waals surface area contributed by atoms with E-state index in [0.717, 1.165) is 43.1 Å². The van der Waals surface area contributed by atoms with Gasteiger partial charge in [-0.1, -0.05) is 12.1 Å². The van der Waals surface area contributed by atoms with Crippen LogP contribution < -0.4 is 15.2 Å². The maximum atomic E-state index is 11.6. The second-order valence-electron chi connectivity index (χ2n) is 6.46. The minimum Gasteiger partial charge on any atom is -0.494 e. The number of nitrogens with one attached hydrogen (secondary N) is 1. The Hall–Kier alpha value is -2.34. The van der Waals surface area contributed by atoms with Gasteiger partial charge in [0.05, 0.1) is 12.7 Å². The van der Waals surface area contributed by atoms with Crippen LogP contribution in [0.5, 0.6) is 5.75 Å². The molecular weight excluding hydrogens is 318 g/mol. The number of aryl methyl sites for hydroxylation is 1. The average molecular weight is 343 g/mol. The predicted molar refractivity (Wildman–Crippen MR) is 97.1 cm³/mol. The quantitative estimate of drug-likeness (QED) is 0.872. The Morgan fingerprint density at radius 3 is 2.60 bits per heavy atom. The molecule has 6 nitrogen and oxygen atoms in total. The summed E-state index contributed by atoms with van der Waals surface area (Å²) in [5.41, 5.74) is 0.797. The van der Waals surface area contributed by atoms with Gasteiger partial charge in [0, 0.05) is 19.2 Å². The zero-order valence-electron chi connectivity index (χ0n) is 14.7.